The van der Waals surface area contributed by atoms with Gasteiger partial charge in [0.05, 0.1) is 13.5 Å². The smallest absolute Gasteiger partial charge is 0.247 e. The van der Waals surface area contributed by atoms with Crippen molar-refractivity contribution in [1.29, 1.82) is 0 Å². The third-order valence-electron chi connectivity index (χ3n) is 3.87. The molecule has 0 saturated heterocycles. The van der Waals surface area contributed by atoms with Crippen molar-refractivity contribution in [3.63, 3.8) is 0 Å². The molecule has 126 valence electrons. The predicted molar refractivity (Wildman–Crippen MR) is 92.8 cm³/mol. The largest absolute Gasteiger partial charge is 0.496 e. The maximum absolute atomic E-state index is 12.5. The molecule has 5 nitrogen and oxygen atoms in total. The van der Waals surface area contributed by atoms with Crippen LogP contribution in [0.15, 0.2) is 48.5 Å². The highest BCUT2D eigenvalue weighted by atomic mass is 35.5. The number of hydrogen-bond acceptors (Lipinski definition) is 3. The van der Waals surface area contributed by atoms with Gasteiger partial charge in [-0.1, -0.05) is 48.0 Å². The number of rotatable bonds is 6. The van der Waals surface area contributed by atoms with Gasteiger partial charge < -0.3 is 15.8 Å². The summed E-state index contributed by atoms with van der Waals surface area (Å²) in [6.07, 6.45) is -0.0292. The van der Waals surface area contributed by atoms with E-state index in [1.54, 1.807) is 49.4 Å². The van der Waals surface area contributed by atoms with Crippen molar-refractivity contribution in [1.82, 2.24) is 5.32 Å². The van der Waals surface area contributed by atoms with Crippen molar-refractivity contribution in [3.8, 4) is 5.75 Å². The Morgan fingerprint density at radius 1 is 1.17 bits per heavy atom. The molecule has 1 atom stereocenters. The Balaban J connectivity index is 2.26. The van der Waals surface area contributed by atoms with Crippen molar-refractivity contribution in [3.05, 3.63) is 64.7 Å². The molecule has 0 aliphatic rings. The molecule has 2 amide bonds. The highest BCUT2D eigenvalue weighted by Gasteiger charge is 2.35. The first-order valence-corrected chi connectivity index (χ1v) is 7.74. The van der Waals surface area contributed by atoms with Crippen LogP contribution in [0.5, 0.6) is 5.75 Å². The molecule has 3 N–H and O–H groups in total. The summed E-state index contributed by atoms with van der Waals surface area (Å²) in [5.41, 5.74) is 5.38. The molecule has 0 heterocycles. The number of primary amides is 1. The summed E-state index contributed by atoms with van der Waals surface area (Å²) in [6, 6.07) is 14.0. The highest BCUT2D eigenvalue weighted by molar-refractivity contribution is 6.31. The molecule has 0 aromatic heterocycles. The second-order valence-electron chi connectivity index (χ2n) is 5.50. The Bertz CT molecular complexity index is 749. The zero-order chi connectivity index (χ0) is 17.7. The lowest BCUT2D eigenvalue weighted by atomic mass is 9.91. The summed E-state index contributed by atoms with van der Waals surface area (Å²) < 4.78 is 5.23. The van der Waals surface area contributed by atoms with Crippen molar-refractivity contribution >= 4 is 23.4 Å². The number of hydrogen-bond donors (Lipinski definition) is 2. The molecule has 6 heteroatoms. The van der Waals surface area contributed by atoms with Crippen LogP contribution in [0.1, 0.15) is 18.1 Å². The zero-order valence-electron chi connectivity index (χ0n) is 13.5. The van der Waals surface area contributed by atoms with E-state index in [9.17, 15) is 9.59 Å². The van der Waals surface area contributed by atoms with Gasteiger partial charge in [0.25, 0.3) is 0 Å². The quantitative estimate of drug-likeness (QED) is 0.842. The third-order valence-corrected chi connectivity index (χ3v) is 4.22. The van der Waals surface area contributed by atoms with Crippen LogP contribution in [-0.4, -0.2) is 18.9 Å². The number of methoxy groups -OCH3 is 1. The monoisotopic (exact) mass is 346 g/mol. The summed E-state index contributed by atoms with van der Waals surface area (Å²) >= 11 is 6.15. The number of nitrogens with one attached hydrogen (secondary N) is 1. The van der Waals surface area contributed by atoms with Gasteiger partial charge in [-0.3, -0.25) is 9.59 Å². The molecular weight excluding hydrogens is 328 g/mol. The second kappa shape index (κ2) is 7.36. The van der Waals surface area contributed by atoms with Crippen molar-refractivity contribution < 1.29 is 14.3 Å². The van der Waals surface area contributed by atoms with E-state index in [2.05, 4.69) is 5.32 Å². The molecule has 0 bridgehead atoms. The van der Waals surface area contributed by atoms with Gasteiger partial charge >= 0.3 is 0 Å². The molecule has 2 aromatic carbocycles. The fourth-order valence-corrected chi connectivity index (χ4v) is 2.67. The van der Waals surface area contributed by atoms with E-state index in [1.165, 1.54) is 7.11 Å². The number of halogens is 1. The predicted octanol–water partition coefficient (Wildman–Crippen LogP) is 2.41. The van der Waals surface area contributed by atoms with Gasteiger partial charge in [-0.2, -0.15) is 0 Å². The van der Waals surface area contributed by atoms with E-state index < -0.39 is 11.4 Å². The molecule has 2 aromatic rings. The molecule has 0 unspecified atom stereocenters. The summed E-state index contributed by atoms with van der Waals surface area (Å²) in [7, 11) is 1.50. The topological polar surface area (TPSA) is 81.4 Å². The number of benzene rings is 2. The van der Waals surface area contributed by atoms with Crippen LogP contribution in [0, 0.1) is 0 Å². The minimum absolute atomic E-state index is 0.0292. The normalized spacial score (nSPS) is 13.0. The third kappa shape index (κ3) is 3.68. The lowest BCUT2D eigenvalue weighted by Gasteiger charge is -2.28. The first-order chi connectivity index (χ1) is 11.4. The molecule has 0 aliphatic heterocycles. The van der Waals surface area contributed by atoms with Crippen LogP contribution in [-0.2, 0) is 21.5 Å². The van der Waals surface area contributed by atoms with E-state index in [0.29, 0.717) is 21.9 Å². The van der Waals surface area contributed by atoms with Gasteiger partial charge in [0.1, 0.15) is 11.3 Å². The first kappa shape index (κ1) is 17.8. The van der Waals surface area contributed by atoms with Crippen LogP contribution in [0.3, 0.4) is 0 Å². The van der Waals surface area contributed by atoms with Crippen LogP contribution in [0.2, 0.25) is 5.02 Å². The van der Waals surface area contributed by atoms with Crippen LogP contribution < -0.4 is 15.8 Å². The van der Waals surface area contributed by atoms with Gasteiger partial charge in [-0.15, -0.1) is 0 Å². The molecule has 0 radical (unpaired) electrons. The molecule has 24 heavy (non-hydrogen) atoms. The van der Waals surface area contributed by atoms with Gasteiger partial charge in [0.15, 0.2) is 0 Å². The fourth-order valence-electron chi connectivity index (χ4n) is 2.43. The fraction of sp³-hybridized carbons (Fsp3) is 0.222. The Morgan fingerprint density at radius 2 is 1.83 bits per heavy atom. The standard InChI is InChI=1S/C18H19ClN2O3/c1-18(17(20)23,12-7-4-3-5-8-12)21-16(22)11-13-14(19)9-6-10-15(13)24-2/h3-10H,11H2,1-2H3,(H2,20,23)(H,21,22)/t18-/m1/s1. The Hall–Kier alpha value is -2.53. The minimum atomic E-state index is -1.31. The van der Waals surface area contributed by atoms with Gasteiger partial charge in [0.2, 0.25) is 11.8 Å². The zero-order valence-corrected chi connectivity index (χ0v) is 14.3. The SMILES string of the molecule is COc1cccc(Cl)c1CC(=O)N[C@@](C)(C(N)=O)c1ccccc1. The molecule has 0 spiro atoms. The van der Waals surface area contributed by atoms with E-state index in [0.717, 1.165) is 0 Å². The van der Waals surface area contributed by atoms with Crippen LogP contribution >= 0.6 is 11.6 Å². The molecule has 0 saturated carbocycles. The molecule has 2 rings (SSSR count). The number of nitrogens with two attached hydrogens (primary N) is 1. The van der Waals surface area contributed by atoms with E-state index >= 15 is 0 Å². The van der Waals surface area contributed by atoms with Crippen molar-refractivity contribution in [2.75, 3.05) is 7.11 Å². The van der Waals surface area contributed by atoms with Crippen molar-refractivity contribution in [2.24, 2.45) is 5.73 Å². The van der Waals surface area contributed by atoms with Gasteiger partial charge in [0, 0.05) is 10.6 Å². The summed E-state index contributed by atoms with van der Waals surface area (Å²) in [4.78, 5) is 24.4. The number of carbonyl (C=O) groups is 2. The van der Waals surface area contributed by atoms with E-state index in [1.807, 2.05) is 6.07 Å². The molecule has 0 fully saturated rings. The average Bonchev–Trinajstić information content (AvgIpc) is 2.57. The van der Waals surface area contributed by atoms with Gasteiger partial charge in [-0.05, 0) is 24.6 Å². The lowest BCUT2D eigenvalue weighted by molar-refractivity contribution is -0.131. The molecular formula is C18H19ClN2O3. The Morgan fingerprint density at radius 3 is 2.42 bits per heavy atom. The minimum Gasteiger partial charge on any atom is -0.496 e. The maximum atomic E-state index is 12.5. The second-order valence-corrected chi connectivity index (χ2v) is 5.91. The van der Waals surface area contributed by atoms with Gasteiger partial charge in [-0.25, -0.2) is 0 Å². The van der Waals surface area contributed by atoms with E-state index in [-0.39, 0.29) is 12.3 Å². The number of ether oxygens (including phenoxy) is 1. The summed E-state index contributed by atoms with van der Waals surface area (Å²) in [6.45, 7) is 1.58. The number of carbonyl (C=O) groups excluding carboxylic acids is 2. The molecule has 0 aliphatic carbocycles. The Kier molecular flexibility index (Phi) is 5.46. The van der Waals surface area contributed by atoms with E-state index in [4.69, 9.17) is 22.1 Å². The summed E-state index contributed by atoms with van der Waals surface area (Å²) in [5.74, 6) is -0.516. The van der Waals surface area contributed by atoms with Crippen LogP contribution in [0.25, 0.3) is 0 Å². The van der Waals surface area contributed by atoms with Crippen LogP contribution in [0.4, 0.5) is 0 Å². The highest BCUT2D eigenvalue weighted by Crippen LogP contribution is 2.27. The average molecular weight is 347 g/mol. The lowest BCUT2D eigenvalue weighted by Crippen LogP contribution is -2.53. The Labute approximate surface area is 145 Å². The van der Waals surface area contributed by atoms with Crippen molar-refractivity contribution in [2.45, 2.75) is 18.9 Å². The number of amides is 2. The summed E-state index contributed by atoms with van der Waals surface area (Å²) in [5, 5.41) is 3.13. The first-order valence-electron chi connectivity index (χ1n) is 7.36. The maximum Gasteiger partial charge on any atom is 0.247 e.